The molecule has 7 heteroatoms. The molecule has 2 N–H and O–H groups in total. The number of nitrogens with zero attached hydrogens (tertiary/aromatic N) is 1. The Labute approximate surface area is 112 Å². The predicted octanol–water partition coefficient (Wildman–Crippen LogP) is 2.78. The van der Waals surface area contributed by atoms with Crippen LogP contribution in [0.1, 0.15) is 5.56 Å². The second-order valence-electron chi connectivity index (χ2n) is 4.21. The average molecular weight is 284 g/mol. The van der Waals surface area contributed by atoms with E-state index in [-0.39, 0.29) is 5.69 Å². The van der Waals surface area contributed by atoms with Gasteiger partial charge < -0.3 is 10.4 Å². The van der Waals surface area contributed by atoms with Crippen molar-refractivity contribution in [2.75, 3.05) is 5.32 Å². The smallest absolute Gasteiger partial charge is 0.416 e. The van der Waals surface area contributed by atoms with Gasteiger partial charge in [-0.1, -0.05) is 12.1 Å². The lowest BCUT2D eigenvalue weighted by Gasteiger charge is -2.22. The highest BCUT2D eigenvalue weighted by Gasteiger charge is 2.31. The minimum Gasteiger partial charge on any atom is -0.481 e. The van der Waals surface area contributed by atoms with E-state index < -0.39 is 29.8 Å². The predicted molar refractivity (Wildman–Crippen MR) is 67.6 cm³/mol. The van der Waals surface area contributed by atoms with Gasteiger partial charge in [0.25, 0.3) is 0 Å². The number of aliphatic carboxylic acids is 1. The van der Waals surface area contributed by atoms with E-state index in [1.165, 1.54) is 30.5 Å². The summed E-state index contributed by atoms with van der Waals surface area (Å²) in [6, 6.07) is 4.56. The second kappa shape index (κ2) is 5.36. The van der Waals surface area contributed by atoms with Gasteiger partial charge in [-0.25, -0.2) is 0 Å². The van der Waals surface area contributed by atoms with Gasteiger partial charge in [0.2, 0.25) is 0 Å². The third-order valence-electron chi connectivity index (χ3n) is 2.78. The molecule has 4 nitrogen and oxygen atoms in total. The highest BCUT2D eigenvalue weighted by molar-refractivity contribution is 5.80. The molecular weight excluding hydrogens is 273 g/mol. The molecular formula is C13H11F3N2O2. The van der Waals surface area contributed by atoms with Gasteiger partial charge in [0.1, 0.15) is 12.1 Å². The van der Waals surface area contributed by atoms with Gasteiger partial charge in [-0.05, 0) is 24.3 Å². The van der Waals surface area contributed by atoms with Crippen LogP contribution < -0.4 is 5.32 Å². The first kappa shape index (κ1) is 14.1. The second-order valence-corrected chi connectivity index (χ2v) is 4.21. The molecule has 0 saturated heterocycles. The number of aliphatic imine (C=N–C) groups is 1. The maximum Gasteiger partial charge on any atom is 0.416 e. The number of carbonyl (C=O) groups is 1. The molecule has 0 saturated carbocycles. The Morgan fingerprint density at radius 2 is 2.10 bits per heavy atom. The van der Waals surface area contributed by atoms with E-state index in [0.717, 1.165) is 12.1 Å². The van der Waals surface area contributed by atoms with Crippen molar-refractivity contribution in [2.45, 2.75) is 12.3 Å². The topological polar surface area (TPSA) is 61.7 Å². The summed E-state index contributed by atoms with van der Waals surface area (Å²) in [4.78, 5) is 15.0. The Morgan fingerprint density at radius 1 is 1.35 bits per heavy atom. The van der Waals surface area contributed by atoms with Crippen molar-refractivity contribution in [3.8, 4) is 0 Å². The quantitative estimate of drug-likeness (QED) is 0.897. The highest BCUT2D eigenvalue weighted by atomic mass is 19.4. The van der Waals surface area contributed by atoms with E-state index in [1.807, 2.05) is 0 Å². The van der Waals surface area contributed by atoms with Crippen molar-refractivity contribution in [3.05, 3.63) is 42.0 Å². The fraction of sp³-hybridized carbons (Fsp3) is 0.231. The van der Waals surface area contributed by atoms with Gasteiger partial charge in [-0.3, -0.25) is 9.79 Å². The molecule has 0 amide bonds. The maximum absolute atomic E-state index is 12.6. The number of nitrogens with one attached hydrogen (secondary N) is 1. The molecule has 1 aliphatic rings. The first-order valence-electron chi connectivity index (χ1n) is 5.74. The number of allylic oxidation sites excluding steroid dienone is 1. The van der Waals surface area contributed by atoms with Gasteiger partial charge in [-0.15, -0.1) is 0 Å². The van der Waals surface area contributed by atoms with Crippen molar-refractivity contribution in [1.29, 1.82) is 0 Å². The number of carboxylic acid groups (broad SMARTS) is 1. The van der Waals surface area contributed by atoms with Crippen molar-refractivity contribution in [2.24, 2.45) is 10.9 Å². The summed E-state index contributed by atoms with van der Waals surface area (Å²) in [5.41, 5.74) is -0.631. The third kappa shape index (κ3) is 3.17. The highest BCUT2D eigenvalue weighted by Crippen LogP contribution is 2.31. The average Bonchev–Trinajstić information content (AvgIpc) is 2.38. The molecule has 2 unspecified atom stereocenters. The van der Waals surface area contributed by atoms with Crippen LogP contribution in [0.3, 0.4) is 0 Å². The molecule has 1 heterocycles. The molecule has 0 bridgehead atoms. The SMILES string of the molecule is O=C(O)C1C=CC=NC1Nc1cccc(C(F)(F)F)c1. The molecule has 0 fully saturated rings. The summed E-state index contributed by atoms with van der Waals surface area (Å²) in [7, 11) is 0. The van der Waals surface area contributed by atoms with Crippen LogP contribution in [0.25, 0.3) is 0 Å². The van der Waals surface area contributed by atoms with Crippen LogP contribution >= 0.6 is 0 Å². The van der Waals surface area contributed by atoms with E-state index in [4.69, 9.17) is 5.11 Å². The Hall–Kier alpha value is -2.31. The molecule has 0 spiro atoms. The summed E-state index contributed by atoms with van der Waals surface area (Å²) in [6.07, 6.45) is -0.949. The number of hydrogen-bond acceptors (Lipinski definition) is 3. The molecule has 0 radical (unpaired) electrons. The van der Waals surface area contributed by atoms with Crippen molar-refractivity contribution < 1.29 is 23.1 Å². The van der Waals surface area contributed by atoms with Gasteiger partial charge >= 0.3 is 12.1 Å². The van der Waals surface area contributed by atoms with Crippen LogP contribution in [0, 0.1) is 5.92 Å². The number of hydrogen-bond donors (Lipinski definition) is 2. The standard InChI is InChI=1S/C13H11F3N2O2/c14-13(15,16)8-3-1-4-9(7-8)18-11-10(12(19)20)5-2-6-17-11/h1-7,10-11,18H,(H,19,20). The molecule has 1 aromatic carbocycles. The Morgan fingerprint density at radius 3 is 2.75 bits per heavy atom. The van der Waals surface area contributed by atoms with E-state index in [9.17, 15) is 18.0 Å². The van der Waals surface area contributed by atoms with Gasteiger partial charge in [0.05, 0.1) is 5.56 Å². The van der Waals surface area contributed by atoms with Gasteiger partial charge in [0.15, 0.2) is 0 Å². The van der Waals surface area contributed by atoms with Crippen molar-refractivity contribution in [3.63, 3.8) is 0 Å². The molecule has 1 aliphatic heterocycles. The van der Waals surface area contributed by atoms with Crippen LogP contribution in [0.4, 0.5) is 18.9 Å². The first-order chi connectivity index (χ1) is 9.38. The van der Waals surface area contributed by atoms with Crippen molar-refractivity contribution >= 4 is 17.9 Å². The fourth-order valence-corrected chi connectivity index (χ4v) is 1.81. The maximum atomic E-state index is 12.6. The van der Waals surface area contributed by atoms with Gasteiger partial charge in [-0.2, -0.15) is 13.2 Å². The third-order valence-corrected chi connectivity index (χ3v) is 2.78. The van der Waals surface area contributed by atoms with E-state index >= 15 is 0 Å². The number of benzene rings is 1. The van der Waals surface area contributed by atoms with Crippen LogP contribution in [-0.4, -0.2) is 23.5 Å². The molecule has 20 heavy (non-hydrogen) atoms. The molecule has 0 aliphatic carbocycles. The van der Waals surface area contributed by atoms with E-state index in [1.54, 1.807) is 0 Å². The number of halogens is 3. The Kier molecular flexibility index (Phi) is 3.78. The Balaban J connectivity index is 2.19. The molecule has 2 atom stereocenters. The van der Waals surface area contributed by atoms with Crippen LogP contribution in [0.15, 0.2) is 41.4 Å². The number of carboxylic acids is 1. The lowest BCUT2D eigenvalue weighted by Crippen LogP contribution is -2.33. The fourth-order valence-electron chi connectivity index (χ4n) is 1.81. The first-order valence-corrected chi connectivity index (χ1v) is 5.74. The van der Waals surface area contributed by atoms with Crippen molar-refractivity contribution in [1.82, 2.24) is 0 Å². The minimum absolute atomic E-state index is 0.170. The number of anilines is 1. The monoisotopic (exact) mass is 284 g/mol. The minimum atomic E-state index is -4.44. The van der Waals surface area contributed by atoms with Crippen LogP contribution in [-0.2, 0) is 11.0 Å². The number of rotatable bonds is 3. The Bertz CT molecular complexity index is 567. The lowest BCUT2D eigenvalue weighted by atomic mass is 10.0. The van der Waals surface area contributed by atoms with E-state index in [0.29, 0.717) is 0 Å². The van der Waals surface area contributed by atoms with Crippen LogP contribution in [0.5, 0.6) is 0 Å². The van der Waals surface area contributed by atoms with Crippen LogP contribution in [0.2, 0.25) is 0 Å². The lowest BCUT2D eigenvalue weighted by molar-refractivity contribution is -0.140. The van der Waals surface area contributed by atoms with Gasteiger partial charge in [0, 0.05) is 11.9 Å². The summed E-state index contributed by atoms with van der Waals surface area (Å²) < 4.78 is 37.8. The normalized spacial score (nSPS) is 21.8. The zero-order valence-electron chi connectivity index (χ0n) is 10.1. The molecule has 0 aromatic heterocycles. The van der Waals surface area contributed by atoms with E-state index in [2.05, 4.69) is 10.3 Å². The molecule has 106 valence electrons. The zero-order chi connectivity index (χ0) is 14.8. The summed E-state index contributed by atoms with van der Waals surface area (Å²) in [5.74, 6) is -2.02. The molecule has 2 rings (SSSR count). The number of dihydropyridines is 1. The largest absolute Gasteiger partial charge is 0.481 e. The summed E-state index contributed by atoms with van der Waals surface area (Å²) >= 11 is 0. The summed E-state index contributed by atoms with van der Waals surface area (Å²) in [5, 5.41) is 11.7. The zero-order valence-corrected chi connectivity index (χ0v) is 10.1. The number of alkyl halides is 3. The summed E-state index contributed by atoms with van der Waals surface area (Å²) in [6.45, 7) is 0. The molecule has 1 aromatic rings.